The van der Waals surface area contributed by atoms with Crippen LogP contribution in [-0.4, -0.2) is 12.7 Å². The van der Waals surface area contributed by atoms with Crippen LogP contribution in [0.5, 0.6) is 0 Å². The van der Waals surface area contributed by atoms with Crippen molar-refractivity contribution in [2.24, 2.45) is 0 Å². The zero-order valence-corrected chi connectivity index (χ0v) is 8.02. The molecule has 0 unspecified atom stereocenters. The Balaban J connectivity index is 2.90. The molecule has 80 valence electrons. The second-order valence-electron chi connectivity index (χ2n) is 3.08. The average Bonchev–Trinajstić information content (AvgIpc) is 2.14. The quantitative estimate of drug-likeness (QED) is 0.821. The first kappa shape index (κ1) is 11.4. The average molecular weight is 214 g/mol. The summed E-state index contributed by atoms with van der Waals surface area (Å²) < 4.78 is 35.9. The first-order valence-corrected chi connectivity index (χ1v) is 4.24. The number of benzene rings is 1. The lowest BCUT2D eigenvalue weighted by Crippen LogP contribution is -2.22. The Labute approximate surface area is 85.3 Å². The van der Waals surface area contributed by atoms with Gasteiger partial charge in [-0.3, -0.25) is 0 Å². The van der Waals surface area contributed by atoms with E-state index in [4.69, 9.17) is 5.26 Å². The number of para-hydroxylation sites is 1. The molecular formula is C10H9F3N2. The lowest BCUT2D eigenvalue weighted by atomic mass is 10.1. The van der Waals surface area contributed by atoms with Gasteiger partial charge in [-0.25, -0.2) is 0 Å². The van der Waals surface area contributed by atoms with E-state index in [0.717, 1.165) is 0 Å². The summed E-state index contributed by atoms with van der Waals surface area (Å²) in [5, 5.41) is 10.9. The van der Waals surface area contributed by atoms with E-state index < -0.39 is 12.7 Å². The van der Waals surface area contributed by atoms with Gasteiger partial charge in [-0.05, 0) is 18.6 Å². The highest BCUT2D eigenvalue weighted by Crippen LogP contribution is 2.22. The zero-order chi connectivity index (χ0) is 11.5. The van der Waals surface area contributed by atoms with Gasteiger partial charge in [0.1, 0.15) is 12.6 Å². The highest BCUT2D eigenvalue weighted by molar-refractivity contribution is 5.62. The third kappa shape index (κ3) is 3.17. The number of alkyl halides is 3. The summed E-state index contributed by atoms with van der Waals surface area (Å²) in [6, 6.07) is 6.60. The minimum Gasteiger partial charge on any atom is -0.375 e. The van der Waals surface area contributed by atoms with Crippen molar-refractivity contribution in [3.8, 4) is 6.07 Å². The highest BCUT2D eigenvalue weighted by atomic mass is 19.4. The Bertz CT molecular complexity index is 391. The fraction of sp³-hybridized carbons (Fsp3) is 0.300. The Morgan fingerprint density at radius 1 is 1.40 bits per heavy atom. The third-order valence-corrected chi connectivity index (χ3v) is 1.86. The number of halogens is 3. The van der Waals surface area contributed by atoms with Crippen LogP contribution in [0.15, 0.2) is 18.2 Å². The molecule has 5 heteroatoms. The zero-order valence-electron chi connectivity index (χ0n) is 8.02. The van der Waals surface area contributed by atoms with Crippen LogP contribution >= 0.6 is 0 Å². The monoisotopic (exact) mass is 214 g/mol. The fourth-order valence-corrected chi connectivity index (χ4v) is 1.18. The Morgan fingerprint density at radius 3 is 2.60 bits per heavy atom. The molecule has 0 fully saturated rings. The van der Waals surface area contributed by atoms with Crippen molar-refractivity contribution in [3.63, 3.8) is 0 Å². The largest absolute Gasteiger partial charge is 0.405 e. The number of hydrogen-bond donors (Lipinski definition) is 1. The predicted octanol–water partition coefficient (Wildman–Crippen LogP) is 2.84. The lowest BCUT2D eigenvalue weighted by molar-refractivity contribution is -0.115. The number of nitrogens with zero attached hydrogens (tertiary/aromatic N) is 1. The number of rotatable bonds is 2. The molecule has 0 aliphatic heterocycles. The van der Waals surface area contributed by atoms with Crippen molar-refractivity contribution in [1.29, 1.82) is 5.26 Å². The molecule has 0 saturated heterocycles. The van der Waals surface area contributed by atoms with Crippen LogP contribution in [0.2, 0.25) is 0 Å². The van der Waals surface area contributed by atoms with Gasteiger partial charge in [-0.2, -0.15) is 18.4 Å². The SMILES string of the molecule is Cc1cccc(C#N)c1NCC(F)(F)F. The number of aryl methyl sites for hydroxylation is 1. The molecule has 15 heavy (non-hydrogen) atoms. The first-order chi connectivity index (χ1) is 6.94. The van der Waals surface area contributed by atoms with Gasteiger partial charge in [-0.1, -0.05) is 12.1 Å². The van der Waals surface area contributed by atoms with Gasteiger partial charge >= 0.3 is 6.18 Å². The van der Waals surface area contributed by atoms with Gasteiger partial charge in [0, 0.05) is 0 Å². The van der Waals surface area contributed by atoms with Crippen molar-refractivity contribution in [2.75, 3.05) is 11.9 Å². The standard InChI is InChI=1S/C10H9F3N2/c1-7-3-2-4-8(5-14)9(7)15-6-10(11,12)13/h2-4,15H,6H2,1H3. The van der Waals surface area contributed by atoms with E-state index in [1.54, 1.807) is 19.1 Å². The molecule has 0 amide bonds. The van der Waals surface area contributed by atoms with E-state index >= 15 is 0 Å². The molecule has 0 saturated carbocycles. The molecule has 0 atom stereocenters. The van der Waals surface area contributed by atoms with E-state index in [0.29, 0.717) is 5.56 Å². The van der Waals surface area contributed by atoms with Crippen LogP contribution in [0.4, 0.5) is 18.9 Å². The molecule has 0 aromatic heterocycles. The molecule has 0 aliphatic carbocycles. The molecule has 0 spiro atoms. The van der Waals surface area contributed by atoms with Gasteiger partial charge in [-0.15, -0.1) is 0 Å². The molecule has 2 nitrogen and oxygen atoms in total. The predicted molar refractivity (Wildman–Crippen MR) is 50.4 cm³/mol. The molecule has 1 N–H and O–H groups in total. The summed E-state index contributed by atoms with van der Waals surface area (Å²) in [5.41, 5.74) is 1.09. The molecule has 1 aromatic rings. The van der Waals surface area contributed by atoms with E-state index in [1.807, 2.05) is 6.07 Å². The summed E-state index contributed by atoms with van der Waals surface area (Å²) in [6.45, 7) is 0.520. The van der Waals surface area contributed by atoms with E-state index in [9.17, 15) is 13.2 Å². The Hall–Kier alpha value is -1.70. The van der Waals surface area contributed by atoms with Crippen molar-refractivity contribution in [1.82, 2.24) is 0 Å². The molecule has 1 aromatic carbocycles. The summed E-state index contributed by atoms with van der Waals surface area (Å²) >= 11 is 0. The summed E-state index contributed by atoms with van der Waals surface area (Å²) in [4.78, 5) is 0. The van der Waals surface area contributed by atoms with Gasteiger partial charge in [0.25, 0.3) is 0 Å². The van der Waals surface area contributed by atoms with E-state index in [-0.39, 0.29) is 11.3 Å². The van der Waals surface area contributed by atoms with Crippen molar-refractivity contribution < 1.29 is 13.2 Å². The van der Waals surface area contributed by atoms with Gasteiger partial charge in [0.05, 0.1) is 11.3 Å². The summed E-state index contributed by atoms with van der Waals surface area (Å²) in [6.07, 6.45) is -4.28. The lowest BCUT2D eigenvalue weighted by Gasteiger charge is -2.12. The second kappa shape index (κ2) is 4.22. The fourth-order valence-electron chi connectivity index (χ4n) is 1.18. The topological polar surface area (TPSA) is 35.8 Å². The number of hydrogen-bond acceptors (Lipinski definition) is 2. The third-order valence-electron chi connectivity index (χ3n) is 1.86. The van der Waals surface area contributed by atoms with Crippen LogP contribution in [0.25, 0.3) is 0 Å². The van der Waals surface area contributed by atoms with E-state index in [1.165, 1.54) is 6.07 Å². The highest BCUT2D eigenvalue weighted by Gasteiger charge is 2.27. The number of nitriles is 1. The minimum atomic E-state index is -4.28. The molecule has 0 radical (unpaired) electrons. The van der Waals surface area contributed by atoms with Crippen LogP contribution in [0, 0.1) is 18.3 Å². The maximum atomic E-state index is 12.0. The summed E-state index contributed by atoms with van der Waals surface area (Å²) in [7, 11) is 0. The Kier molecular flexibility index (Phi) is 3.20. The molecule has 1 rings (SSSR count). The summed E-state index contributed by atoms with van der Waals surface area (Å²) in [5.74, 6) is 0. The second-order valence-corrected chi connectivity index (χ2v) is 3.08. The van der Waals surface area contributed by atoms with Gasteiger partial charge in [0.2, 0.25) is 0 Å². The van der Waals surface area contributed by atoms with E-state index in [2.05, 4.69) is 5.32 Å². The maximum absolute atomic E-state index is 12.0. The molecular weight excluding hydrogens is 205 g/mol. The van der Waals surface area contributed by atoms with Gasteiger partial charge in [0.15, 0.2) is 0 Å². The van der Waals surface area contributed by atoms with Crippen molar-refractivity contribution in [2.45, 2.75) is 13.1 Å². The number of anilines is 1. The first-order valence-electron chi connectivity index (χ1n) is 4.24. The van der Waals surface area contributed by atoms with Crippen LogP contribution in [0.1, 0.15) is 11.1 Å². The molecule has 0 aliphatic rings. The maximum Gasteiger partial charge on any atom is 0.405 e. The molecule has 0 bridgehead atoms. The minimum absolute atomic E-state index is 0.222. The molecule has 0 heterocycles. The van der Waals surface area contributed by atoms with Crippen LogP contribution in [0.3, 0.4) is 0 Å². The van der Waals surface area contributed by atoms with Crippen LogP contribution in [-0.2, 0) is 0 Å². The van der Waals surface area contributed by atoms with Gasteiger partial charge < -0.3 is 5.32 Å². The normalized spacial score (nSPS) is 10.9. The van der Waals surface area contributed by atoms with Crippen molar-refractivity contribution >= 4 is 5.69 Å². The Morgan fingerprint density at radius 2 is 2.07 bits per heavy atom. The smallest absolute Gasteiger partial charge is 0.375 e. The van der Waals surface area contributed by atoms with Crippen LogP contribution < -0.4 is 5.32 Å². The number of nitrogens with one attached hydrogen (secondary N) is 1. The van der Waals surface area contributed by atoms with Crippen molar-refractivity contribution in [3.05, 3.63) is 29.3 Å².